The molecule has 1 aliphatic heterocycles. The molecule has 164 valence electrons. The maximum Gasteiger partial charge on any atom is 0.319 e. The minimum atomic E-state index is -0.316. The van der Waals surface area contributed by atoms with Crippen LogP contribution in [0.25, 0.3) is 0 Å². The molecule has 0 aromatic heterocycles. The standard InChI is InChI=1S/C26H27N3O3/c1-3-32-24-12-8-7-11-22(24)28-26(31)27-17-19-13-14-21-15-18(2)29(23(21)16-19)25(30)20-9-5-4-6-10-20/h4-14,16,18H,3,15,17H2,1-2H3,(H2,27,28,31)/t18-/m1/s1. The van der Waals surface area contributed by atoms with Gasteiger partial charge in [0, 0.05) is 23.8 Å². The Bertz CT molecular complexity index is 1110. The van der Waals surface area contributed by atoms with Crippen LogP contribution in [0.4, 0.5) is 16.2 Å². The van der Waals surface area contributed by atoms with Crippen LogP contribution in [0.2, 0.25) is 0 Å². The van der Waals surface area contributed by atoms with Gasteiger partial charge in [0.15, 0.2) is 0 Å². The maximum atomic E-state index is 13.1. The second-order valence-corrected chi connectivity index (χ2v) is 7.79. The summed E-state index contributed by atoms with van der Waals surface area (Å²) in [5.74, 6) is 0.624. The average Bonchev–Trinajstić information content (AvgIpc) is 3.14. The molecule has 1 aliphatic rings. The number of para-hydroxylation sites is 2. The summed E-state index contributed by atoms with van der Waals surface area (Å²) >= 11 is 0. The van der Waals surface area contributed by atoms with E-state index in [9.17, 15) is 9.59 Å². The highest BCUT2D eigenvalue weighted by Gasteiger charge is 2.31. The molecule has 1 atom stereocenters. The monoisotopic (exact) mass is 429 g/mol. The van der Waals surface area contributed by atoms with Crippen molar-refractivity contribution < 1.29 is 14.3 Å². The Hall–Kier alpha value is -3.80. The molecule has 0 saturated carbocycles. The summed E-state index contributed by atoms with van der Waals surface area (Å²) in [7, 11) is 0. The molecule has 3 aromatic carbocycles. The molecule has 4 rings (SSSR count). The Morgan fingerprint density at radius 1 is 1.03 bits per heavy atom. The number of fused-ring (bicyclic) bond motifs is 1. The van der Waals surface area contributed by atoms with E-state index in [0.717, 1.165) is 23.2 Å². The van der Waals surface area contributed by atoms with Crippen LogP contribution >= 0.6 is 0 Å². The number of nitrogens with one attached hydrogen (secondary N) is 2. The molecule has 32 heavy (non-hydrogen) atoms. The summed E-state index contributed by atoms with van der Waals surface area (Å²) in [4.78, 5) is 27.4. The van der Waals surface area contributed by atoms with Gasteiger partial charge in [-0.05, 0) is 61.7 Å². The van der Waals surface area contributed by atoms with E-state index in [0.29, 0.717) is 30.2 Å². The fraction of sp³-hybridized carbons (Fsp3) is 0.231. The molecule has 0 saturated heterocycles. The molecular weight excluding hydrogens is 402 g/mol. The van der Waals surface area contributed by atoms with Crippen LogP contribution in [0, 0.1) is 0 Å². The third-order valence-corrected chi connectivity index (χ3v) is 5.49. The van der Waals surface area contributed by atoms with Gasteiger partial charge in [-0.15, -0.1) is 0 Å². The number of amides is 3. The molecule has 2 N–H and O–H groups in total. The molecule has 1 heterocycles. The van der Waals surface area contributed by atoms with Crippen molar-refractivity contribution in [1.29, 1.82) is 0 Å². The summed E-state index contributed by atoms with van der Waals surface area (Å²) in [6.45, 7) is 4.82. The van der Waals surface area contributed by atoms with E-state index in [2.05, 4.69) is 17.6 Å². The number of nitrogens with zero attached hydrogens (tertiary/aromatic N) is 1. The van der Waals surface area contributed by atoms with Crippen molar-refractivity contribution in [3.8, 4) is 5.75 Å². The van der Waals surface area contributed by atoms with Crippen LogP contribution in [0.1, 0.15) is 35.3 Å². The molecule has 6 heteroatoms. The number of benzene rings is 3. The summed E-state index contributed by atoms with van der Waals surface area (Å²) in [6.07, 6.45) is 0.816. The van der Waals surface area contributed by atoms with Gasteiger partial charge in [-0.3, -0.25) is 4.79 Å². The highest BCUT2D eigenvalue weighted by molar-refractivity contribution is 6.07. The van der Waals surface area contributed by atoms with E-state index in [4.69, 9.17) is 4.74 Å². The summed E-state index contributed by atoms with van der Waals surface area (Å²) in [5, 5.41) is 5.72. The molecule has 0 radical (unpaired) electrons. The number of anilines is 2. The molecule has 0 unspecified atom stereocenters. The number of ether oxygens (including phenoxy) is 1. The number of urea groups is 1. The molecule has 3 aromatic rings. The fourth-order valence-corrected chi connectivity index (χ4v) is 3.99. The predicted octanol–water partition coefficient (Wildman–Crippen LogP) is 5.00. The highest BCUT2D eigenvalue weighted by Crippen LogP contribution is 2.34. The quantitative estimate of drug-likeness (QED) is 0.579. The maximum absolute atomic E-state index is 13.1. The topological polar surface area (TPSA) is 70.7 Å². The normalized spacial score (nSPS) is 14.6. The lowest BCUT2D eigenvalue weighted by Crippen LogP contribution is -2.35. The van der Waals surface area contributed by atoms with E-state index >= 15 is 0 Å². The van der Waals surface area contributed by atoms with Crippen LogP contribution in [-0.4, -0.2) is 24.6 Å². The fourth-order valence-electron chi connectivity index (χ4n) is 3.99. The summed E-state index contributed by atoms with van der Waals surface area (Å²) in [5.41, 5.74) is 4.27. The Labute approximate surface area is 188 Å². The van der Waals surface area contributed by atoms with Crippen molar-refractivity contribution in [3.63, 3.8) is 0 Å². The molecule has 6 nitrogen and oxygen atoms in total. The van der Waals surface area contributed by atoms with Crippen LogP contribution in [0.3, 0.4) is 0 Å². The number of carbonyl (C=O) groups excluding carboxylic acids is 2. The van der Waals surface area contributed by atoms with Crippen molar-refractivity contribution in [2.24, 2.45) is 0 Å². The minimum Gasteiger partial charge on any atom is -0.492 e. The zero-order chi connectivity index (χ0) is 22.5. The second kappa shape index (κ2) is 9.56. The zero-order valence-electron chi connectivity index (χ0n) is 18.3. The molecule has 0 bridgehead atoms. The van der Waals surface area contributed by atoms with Crippen molar-refractivity contribution in [1.82, 2.24) is 5.32 Å². The zero-order valence-corrected chi connectivity index (χ0v) is 18.3. The lowest BCUT2D eigenvalue weighted by Gasteiger charge is -2.23. The molecule has 0 fully saturated rings. The van der Waals surface area contributed by atoms with Crippen molar-refractivity contribution in [3.05, 3.63) is 89.5 Å². The van der Waals surface area contributed by atoms with E-state index in [-0.39, 0.29) is 18.0 Å². The smallest absolute Gasteiger partial charge is 0.319 e. The van der Waals surface area contributed by atoms with Crippen LogP contribution in [0.15, 0.2) is 72.8 Å². The molecule has 0 spiro atoms. The van der Waals surface area contributed by atoms with Crippen LogP contribution in [0.5, 0.6) is 5.75 Å². The van der Waals surface area contributed by atoms with Crippen molar-refractivity contribution in [2.45, 2.75) is 32.9 Å². The van der Waals surface area contributed by atoms with Crippen LogP contribution < -0.4 is 20.3 Å². The Morgan fingerprint density at radius 2 is 1.78 bits per heavy atom. The largest absolute Gasteiger partial charge is 0.492 e. The Balaban J connectivity index is 1.45. The first kappa shape index (κ1) is 21.4. The number of carbonyl (C=O) groups is 2. The van der Waals surface area contributed by atoms with E-state index in [1.54, 1.807) is 6.07 Å². The van der Waals surface area contributed by atoms with Crippen LogP contribution in [-0.2, 0) is 13.0 Å². The van der Waals surface area contributed by atoms with Gasteiger partial charge < -0.3 is 20.3 Å². The summed E-state index contributed by atoms with van der Waals surface area (Å²) < 4.78 is 5.55. The number of rotatable bonds is 6. The van der Waals surface area contributed by atoms with E-state index in [1.165, 1.54) is 0 Å². The lowest BCUT2D eigenvalue weighted by molar-refractivity contribution is 0.0981. The van der Waals surface area contributed by atoms with Crippen molar-refractivity contribution >= 4 is 23.3 Å². The highest BCUT2D eigenvalue weighted by atomic mass is 16.5. The number of hydrogen-bond acceptors (Lipinski definition) is 3. The van der Waals surface area contributed by atoms with Gasteiger partial charge in [0.2, 0.25) is 0 Å². The van der Waals surface area contributed by atoms with Gasteiger partial charge in [-0.1, -0.05) is 42.5 Å². The molecular formula is C26H27N3O3. The Kier molecular flexibility index (Phi) is 6.40. The lowest BCUT2D eigenvalue weighted by atomic mass is 10.1. The van der Waals surface area contributed by atoms with Crippen molar-refractivity contribution in [2.75, 3.05) is 16.8 Å². The predicted molar refractivity (Wildman–Crippen MR) is 126 cm³/mol. The third-order valence-electron chi connectivity index (χ3n) is 5.49. The first-order valence-corrected chi connectivity index (χ1v) is 10.8. The average molecular weight is 430 g/mol. The number of hydrogen-bond donors (Lipinski definition) is 2. The van der Waals surface area contributed by atoms with Gasteiger partial charge in [0.05, 0.1) is 12.3 Å². The van der Waals surface area contributed by atoms with Gasteiger partial charge in [-0.2, -0.15) is 0 Å². The van der Waals surface area contributed by atoms with Gasteiger partial charge in [0.25, 0.3) is 5.91 Å². The first-order chi connectivity index (χ1) is 15.6. The second-order valence-electron chi connectivity index (χ2n) is 7.79. The Morgan fingerprint density at radius 3 is 2.56 bits per heavy atom. The molecule has 3 amide bonds. The SMILES string of the molecule is CCOc1ccccc1NC(=O)NCc1ccc2c(c1)N(C(=O)c1ccccc1)[C@H](C)C2. The van der Waals surface area contributed by atoms with Gasteiger partial charge in [-0.25, -0.2) is 4.79 Å². The minimum absolute atomic E-state index is 0.00719. The third kappa shape index (κ3) is 4.59. The summed E-state index contributed by atoms with van der Waals surface area (Å²) in [6, 6.07) is 22.4. The van der Waals surface area contributed by atoms with E-state index in [1.807, 2.05) is 78.6 Å². The van der Waals surface area contributed by atoms with Gasteiger partial charge in [0.1, 0.15) is 5.75 Å². The van der Waals surface area contributed by atoms with Gasteiger partial charge >= 0.3 is 6.03 Å². The van der Waals surface area contributed by atoms with E-state index < -0.39 is 0 Å². The first-order valence-electron chi connectivity index (χ1n) is 10.8. The molecule has 0 aliphatic carbocycles.